The highest BCUT2D eigenvalue weighted by Gasteiger charge is 2.25. The van der Waals surface area contributed by atoms with Crippen LogP contribution in [0.1, 0.15) is 38.3 Å². The third kappa shape index (κ3) is 4.85. The monoisotopic (exact) mass is 572 g/mol. The molecule has 6 rings (SSSR count). The number of aromatic nitrogens is 3. The number of halogens is 1. The lowest BCUT2D eigenvalue weighted by Crippen LogP contribution is -2.30. The average Bonchev–Trinajstić information content (AvgIpc) is 3.34. The van der Waals surface area contributed by atoms with Gasteiger partial charge in [-0.1, -0.05) is 25.8 Å². The second-order valence-electron chi connectivity index (χ2n) is 10.9. The number of nitrogens with one attached hydrogen (secondary N) is 2. The van der Waals surface area contributed by atoms with Gasteiger partial charge in [-0.2, -0.15) is 8.42 Å². The fraction of sp³-hybridized carbons (Fsp3) is 0.290. The molecule has 0 amide bonds. The highest BCUT2D eigenvalue weighted by atomic mass is 32.3. The van der Waals surface area contributed by atoms with Crippen molar-refractivity contribution in [1.29, 1.82) is 0 Å². The molecule has 8 nitrogen and oxygen atoms in total. The number of H-pyrrole nitrogens is 1. The van der Waals surface area contributed by atoms with Crippen molar-refractivity contribution in [1.82, 2.24) is 19.9 Å². The lowest BCUT2D eigenvalue weighted by atomic mass is 9.99. The first-order valence-electron chi connectivity index (χ1n) is 13.5. The Morgan fingerprint density at radius 1 is 1.15 bits per heavy atom. The van der Waals surface area contributed by atoms with Gasteiger partial charge in [-0.15, -0.1) is 10.3 Å². The maximum atomic E-state index is 14.2. The van der Waals surface area contributed by atoms with Crippen molar-refractivity contribution in [3.05, 3.63) is 64.6 Å². The molecule has 4 heterocycles. The zero-order valence-electron chi connectivity index (χ0n) is 22.7. The minimum absolute atomic E-state index is 0.0768. The van der Waals surface area contributed by atoms with Gasteiger partial charge >= 0.3 is 10.2 Å². The van der Waals surface area contributed by atoms with Crippen molar-refractivity contribution < 1.29 is 17.0 Å². The summed E-state index contributed by atoms with van der Waals surface area (Å²) in [4.78, 5) is 21.1. The highest BCUT2D eigenvalue weighted by Crippen LogP contribution is 2.38. The maximum Gasteiger partial charge on any atom is 0.333 e. The number of nitrogens with zero attached hydrogens (tertiary/aromatic N) is 2. The summed E-state index contributed by atoms with van der Waals surface area (Å²) in [6, 6.07) is 10.4. The van der Waals surface area contributed by atoms with E-state index in [-0.39, 0.29) is 17.4 Å². The van der Waals surface area contributed by atoms with Crippen LogP contribution in [0.15, 0.2) is 58.5 Å². The molecule has 1 saturated heterocycles. The van der Waals surface area contributed by atoms with Gasteiger partial charge < -0.3 is 19.6 Å². The SMILES string of the molecule is C#Cc1ccc2c(c1)[nH]c1c2c(=O)c2cc(OCC(C)C)c(-c3cncc(S(=O)(=O)F)c3)cc2n1C1CCNCC1. The summed E-state index contributed by atoms with van der Waals surface area (Å²) in [5.41, 5.74) is 3.56. The number of fused-ring (bicyclic) bond motifs is 4. The van der Waals surface area contributed by atoms with Crippen LogP contribution in [-0.2, 0) is 10.2 Å². The van der Waals surface area contributed by atoms with Crippen molar-refractivity contribution >= 4 is 43.1 Å². The van der Waals surface area contributed by atoms with Crippen LogP contribution >= 0.6 is 0 Å². The number of terminal acetylenes is 1. The Hall–Kier alpha value is -4.20. The second kappa shape index (κ2) is 10.3. The molecule has 3 aromatic heterocycles. The van der Waals surface area contributed by atoms with Gasteiger partial charge in [0.05, 0.1) is 22.9 Å². The molecule has 1 aliphatic rings. The third-order valence-electron chi connectivity index (χ3n) is 7.57. The normalized spacial score (nSPS) is 14.7. The number of benzene rings is 2. The fourth-order valence-corrected chi connectivity index (χ4v) is 6.09. The van der Waals surface area contributed by atoms with E-state index in [0.717, 1.165) is 43.0 Å². The minimum atomic E-state index is -4.98. The molecule has 5 aromatic rings. The molecule has 0 atom stereocenters. The molecule has 1 fully saturated rings. The Kier molecular flexibility index (Phi) is 6.80. The molecule has 0 aliphatic carbocycles. The highest BCUT2D eigenvalue weighted by molar-refractivity contribution is 7.86. The molecule has 2 aromatic carbocycles. The Bertz CT molecular complexity index is 2030. The Labute approximate surface area is 236 Å². The zero-order valence-corrected chi connectivity index (χ0v) is 23.5. The molecular formula is C31H29FN4O4S. The number of rotatable bonds is 6. The molecule has 0 saturated carbocycles. The molecule has 210 valence electrons. The van der Waals surface area contributed by atoms with Crippen molar-refractivity contribution in [2.75, 3.05) is 19.7 Å². The van der Waals surface area contributed by atoms with Crippen LogP contribution in [0.25, 0.3) is 44.0 Å². The largest absolute Gasteiger partial charge is 0.493 e. The number of pyridine rings is 2. The van der Waals surface area contributed by atoms with Gasteiger partial charge in [-0.25, -0.2) is 0 Å². The molecule has 41 heavy (non-hydrogen) atoms. The second-order valence-corrected chi connectivity index (χ2v) is 12.2. The Morgan fingerprint density at radius 2 is 1.93 bits per heavy atom. The predicted octanol–water partition coefficient (Wildman–Crippen LogP) is 5.30. The van der Waals surface area contributed by atoms with Crippen LogP contribution < -0.4 is 15.5 Å². The van der Waals surface area contributed by atoms with Crippen molar-refractivity contribution in [3.63, 3.8) is 0 Å². The van der Waals surface area contributed by atoms with E-state index in [2.05, 4.69) is 25.8 Å². The van der Waals surface area contributed by atoms with Crippen molar-refractivity contribution in [2.24, 2.45) is 5.92 Å². The number of hydrogen-bond acceptors (Lipinski definition) is 6. The van der Waals surface area contributed by atoms with Crippen LogP contribution in [-0.4, -0.2) is 42.6 Å². The van der Waals surface area contributed by atoms with Gasteiger partial charge in [0, 0.05) is 46.0 Å². The van der Waals surface area contributed by atoms with Crippen LogP contribution in [0.5, 0.6) is 5.75 Å². The van der Waals surface area contributed by atoms with E-state index < -0.39 is 15.1 Å². The predicted molar refractivity (Wildman–Crippen MR) is 159 cm³/mol. The first kappa shape index (κ1) is 27.0. The summed E-state index contributed by atoms with van der Waals surface area (Å²) >= 11 is 0. The number of hydrogen-bond donors (Lipinski definition) is 2. The molecule has 0 spiro atoms. The molecule has 0 unspecified atom stereocenters. The number of ether oxygens (including phenoxy) is 1. The standard InChI is InChI=1S/C31H29FN4O4S/c1-4-19-5-6-23-26(11-19)35-31-29(23)30(37)25-14-28(40-17-18(2)3)24(20-12-22(16-34-15-20)41(32,38)39)13-27(25)36(31)21-7-9-33-10-8-21/h1,5-6,11-16,18,21,33,35H,7-10,17H2,2-3H3. The number of piperidine rings is 1. The molecule has 0 bridgehead atoms. The van der Waals surface area contributed by atoms with Gasteiger partial charge in [0.1, 0.15) is 16.3 Å². The van der Waals surface area contributed by atoms with Gasteiger partial charge in [-0.3, -0.25) is 9.78 Å². The van der Waals surface area contributed by atoms with Crippen LogP contribution in [0.4, 0.5) is 3.89 Å². The summed E-state index contributed by atoms with van der Waals surface area (Å²) in [5, 5.41) is 5.23. The van der Waals surface area contributed by atoms with Gasteiger partial charge in [0.25, 0.3) is 0 Å². The zero-order chi connectivity index (χ0) is 28.9. The summed E-state index contributed by atoms with van der Waals surface area (Å²) in [7, 11) is -4.98. The first-order valence-corrected chi connectivity index (χ1v) is 14.9. The van der Waals surface area contributed by atoms with E-state index in [0.29, 0.717) is 51.0 Å². The summed E-state index contributed by atoms with van der Waals surface area (Å²) < 4.78 is 45.7. The van der Waals surface area contributed by atoms with Crippen LogP contribution in [0, 0.1) is 18.3 Å². The van der Waals surface area contributed by atoms with E-state index in [9.17, 15) is 17.1 Å². The Balaban J connectivity index is 1.73. The molecule has 2 N–H and O–H groups in total. The number of aromatic amines is 1. The molecular weight excluding hydrogens is 543 g/mol. The van der Waals surface area contributed by atoms with Gasteiger partial charge in [0.2, 0.25) is 0 Å². The summed E-state index contributed by atoms with van der Waals surface area (Å²) in [6.45, 7) is 6.01. The Morgan fingerprint density at radius 3 is 2.63 bits per heavy atom. The van der Waals surface area contributed by atoms with Crippen molar-refractivity contribution in [2.45, 2.75) is 37.6 Å². The van der Waals surface area contributed by atoms with Crippen LogP contribution in [0.3, 0.4) is 0 Å². The van der Waals surface area contributed by atoms with E-state index in [1.807, 2.05) is 38.1 Å². The molecule has 10 heteroatoms. The smallest absolute Gasteiger partial charge is 0.333 e. The molecule has 0 radical (unpaired) electrons. The lowest BCUT2D eigenvalue weighted by molar-refractivity contribution is 0.272. The average molecular weight is 573 g/mol. The van der Waals surface area contributed by atoms with E-state index >= 15 is 0 Å². The first-order chi connectivity index (χ1) is 19.7. The van der Waals surface area contributed by atoms with Gasteiger partial charge in [0.15, 0.2) is 5.43 Å². The van der Waals surface area contributed by atoms with E-state index in [1.54, 1.807) is 6.07 Å². The van der Waals surface area contributed by atoms with Crippen LogP contribution in [0.2, 0.25) is 0 Å². The lowest BCUT2D eigenvalue weighted by Gasteiger charge is -2.28. The topological polar surface area (TPSA) is 106 Å². The third-order valence-corrected chi connectivity index (χ3v) is 8.35. The van der Waals surface area contributed by atoms with Gasteiger partial charge in [-0.05, 0) is 62.2 Å². The van der Waals surface area contributed by atoms with E-state index in [4.69, 9.17) is 11.2 Å². The summed E-state index contributed by atoms with van der Waals surface area (Å²) in [6.07, 6.45) is 9.77. The van der Waals surface area contributed by atoms with Crippen molar-refractivity contribution in [3.8, 4) is 29.2 Å². The van der Waals surface area contributed by atoms with E-state index in [1.165, 1.54) is 12.3 Å². The molecule has 1 aliphatic heterocycles. The summed E-state index contributed by atoms with van der Waals surface area (Å²) in [5.74, 6) is 3.23. The fourth-order valence-electron chi connectivity index (χ4n) is 5.63. The quantitative estimate of drug-likeness (QED) is 0.211. The minimum Gasteiger partial charge on any atom is -0.493 e. The maximum absolute atomic E-state index is 14.2.